The molecule has 0 radical (unpaired) electrons. The number of carbonyl (C=O) groups excluding carboxylic acids is 2. The number of non-ortho nitro benzene ring substituents is 2. The SMILES string of the molecule is O=C(c1ccc([N+](=O)[O-])cc1)N(CCO)C(=O)c1ccc([N+](=O)[O-])cc1. The molecule has 0 unspecified atom stereocenters. The van der Waals surface area contributed by atoms with Crippen LogP contribution >= 0.6 is 0 Å². The fourth-order valence-corrected chi connectivity index (χ4v) is 2.16. The van der Waals surface area contributed by atoms with E-state index in [-0.39, 0.29) is 29.0 Å². The van der Waals surface area contributed by atoms with E-state index in [9.17, 15) is 29.8 Å². The molecule has 0 fully saturated rings. The average molecular weight is 359 g/mol. The van der Waals surface area contributed by atoms with Crippen molar-refractivity contribution in [2.24, 2.45) is 0 Å². The Bertz CT molecular complexity index is 778. The van der Waals surface area contributed by atoms with Crippen molar-refractivity contribution in [3.63, 3.8) is 0 Å². The molecule has 26 heavy (non-hydrogen) atoms. The monoisotopic (exact) mass is 359 g/mol. The summed E-state index contributed by atoms with van der Waals surface area (Å²) in [7, 11) is 0. The number of hydrogen-bond acceptors (Lipinski definition) is 7. The molecule has 0 aliphatic rings. The van der Waals surface area contributed by atoms with Gasteiger partial charge < -0.3 is 5.11 Å². The van der Waals surface area contributed by atoms with Gasteiger partial charge in [0.25, 0.3) is 23.2 Å². The van der Waals surface area contributed by atoms with Gasteiger partial charge in [0.1, 0.15) is 0 Å². The predicted molar refractivity (Wildman–Crippen MR) is 88.6 cm³/mol. The maximum Gasteiger partial charge on any atom is 0.269 e. The standard InChI is InChI=1S/C16H13N3O7/c20-10-9-17(15(21)11-1-5-13(6-2-11)18(23)24)16(22)12-3-7-14(8-4-12)19(25)26/h1-8,20H,9-10H2. The summed E-state index contributed by atoms with van der Waals surface area (Å²) in [5.74, 6) is -1.50. The van der Waals surface area contributed by atoms with Crippen LogP contribution in [0.3, 0.4) is 0 Å². The van der Waals surface area contributed by atoms with E-state index in [1.807, 2.05) is 0 Å². The first-order valence-corrected chi connectivity index (χ1v) is 7.31. The smallest absolute Gasteiger partial charge is 0.269 e. The maximum absolute atomic E-state index is 12.5. The summed E-state index contributed by atoms with van der Waals surface area (Å²) in [6, 6.07) is 9.31. The number of nitro benzene ring substituents is 2. The number of benzene rings is 2. The van der Waals surface area contributed by atoms with Gasteiger partial charge in [-0.1, -0.05) is 0 Å². The second-order valence-electron chi connectivity index (χ2n) is 5.09. The maximum atomic E-state index is 12.5. The molecule has 0 atom stereocenters. The number of amides is 2. The van der Waals surface area contributed by atoms with Gasteiger partial charge in [0, 0.05) is 35.4 Å². The first kappa shape index (κ1) is 18.7. The third kappa shape index (κ3) is 4.05. The molecule has 10 heteroatoms. The van der Waals surface area contributed by atoms with E-state index in [1.165, 1.54) is 24.3 Å². The summed E-state index contributed by atoms with van der Waals surface area (Å²) in [6.07, 6.45) is 0. The number of aliphatic hydroxyl groups excluding tert-OH is 1. The molecule has 2 aromatic carbocycles. The second-order valence-corrected chi connectivity index (χ2v) is 5.09. The molecular formula is C16H13N3O7. The van der Waals surface area contributed by atoms with Gasteiger partial charge in [0.15, 0.2) is 0 Å². The minimum Gasteiger partial charge on any atom is -0.395 e. The van der Waals surface area contributed by atoms with E-state index < -0.39 is 28.3 Å². The molecule has 0 bridgehead atoms. The van der Waals surface area contributed by atoms with Crippen LogP contribution in [0.15, 0.2) is 48.5 Å². The number of hydrogen-bond donors (Lipinski definition) is 1. The third-order valence-electron chi connectivity index (χ3n) is 3.46. The van der Waals surface area contributed by atoms with E-state index in [1.54, 1.807) is 0 Å². The summed E-state index contributed by atoms with van der Waals surface area (Å²) in [5.41, 5.74) is -0.368. The van der Waals surface area contributed by atoms with Crippen molar-refractivity contribution in [2.75, 3.05) is 13.2 Å². The molecule has 0 heterocycles. The van der Waals surface area contributed by atoms with Crippen LogP contribution in [0.1, 0.15) is 20.7 Å². The highest BCUT2D eigenvalue weighted by atomic mass is 16.6. The lowest BCUT2D eigenvalue weighted by atomic mass is 10.1. The van der Waals surface area contributed by atoms with Crippen LogP contribution in [-0.2, 0) is 0 Å². The molecule has 0 spiro atoms. The summed E-state index contributed by atoms with van der Waals surface area (Å²) >= 11 is 0. The Labute approximate surface area is 146 Å². The normalized spacial score (nSPS) is 10.2. The van der Waals surface area contributed by atoms with Gasteiger partial charge in [0.05, 0.1) is 23.0 Å². The molecule has 0 aliphatic heterocycles. The first-order chi connectivity index (χ1) is 12.3. The number of nitro groups is 2. The topological polar surface area (TPSA) is 144 Å². The van der Waals surface area contributed by atoms with E-state index in [0.29, 0.717) is 0 Å². The van der Waals surface area contributed by atoms with E-state index in [4.69, 9.17) is 5.11 Å². The number of imide groups is 1. The highest BCUT2D eigenvalue weighted by molar-refractivity contribution is 6.10. The van der Waals surface area contributed by atoms with Crippen molar-refractivity contribution in [1.82, 2.24) is 4.90 Å². The van der Waals surface area contributed by atoms with Gasteiger partial charge in [-0.25, -0.2) is 0 Å². The Morgan fingerprint density at radius 2 is 1.15 bits per heavy atom. The van der Waals surface area contributed by atoms with Crippen LogP contribution in [-0.4, -0.2) is 44.8 Å². The van der Waals surface area contributed by atoms with Gasteiger partial charge in [-0.05, 0) is 24.3 Å². The molecule has 0 aliphatic carbocycles. The Hall–Kier alpha value is -3.66. The Balaban J connectivity index is 2.28. The Morgan fingerprint density at radius 1 is 0.808 bits per heavy atom. The van der Waals surface area contributed by atoms with Crippen molar-refractivity contribution in [2.45, 2.75) is 0 Å². The molecule has 2 amide bonds. The van der Waals surface area contributed by atoms with Crippen LogP contribution in [0.5, 0.6) is 0 Å². The molecule has 2 rings (SSSR count). The zero-order chi connectivity index (χ0) is 19.3. The molecule has 134 valence electrons. The van der Waals surface area contributed by atoms with Crippen LogP contribution in [0.25, 0.3) is 0 Å². The molecule has 1 N–H and O–H groups in total. The minimum absolute atomic E-state index is 0.0271. The molecule has 0 aromatic heterocycles. The number of rotatable bonds is 6. The number of aliphatic hydroxyl groups is 1. The summed E-state index contributed by atoms with van der Waals surface area (Å²) in [5, 5.41) is 30.5. The van der Waals surface area contributed by atoms with Gasteiger partial charge in [0.2, 0.25) is 0 Å². The molecule has 2 aromatic rings. The van der Waals surface area contributed by atoms with Crippen molar-refractivity contribution < 1.29 is 24.5 Å². The van der Waals surface area contributed by atoms with Crippen LogP contribution < -0.4 is 0 Å². The van der Waals surface area contributed by atoms with Crippen LogP contribution in [0.2, 0.25) is 0 Å². The largest absolute Gasteiger partial charge is 0.395 e. The molecule has 0 saturated carbocycles. The van der Waals surface area contributed by atoms with Gasteiger partial charge in [-0.2, -0.15) is 0 Å². The molecule has 10 nitrogen and oxygen atoms in total. The lowest BCUT2D eigenvalue weighted by Crippen LogP contribution is -2.39. The molecule has 0 saturated heterocycles. The number of nitrogens with zero attached hydrogens (tertiary/aromatic N) is 3. The van der Waals surface area contributed by atoms with Gasteiger partial charge >= 0.3 is 0 Å². The van der Waals surface area contributed by atoms with Crippen molar-refractivity contribution in [3.8, 4) is 0 Å². The lowest BCUT2D eigenvalue weighted by Gasteiger charge is -2.20. The summed E-state index contributed by atoms with van der Waals surface area (Å²) in [4.78, 5) is 45.9. The van der Waals surface area contributed by atoms with Crippen LogP contribution in [0.4, 0.5) is 11.4 Å². The summed E-state index contributed by atoms with van der Waals surface area (Å²) < 4.78 is 0. The quantitative estimate of drug-likeness (QED) is 0.470. The van der Waals surface area contributed by atoms with Crippen molar-refractivity contribution >= 4 is 23.2 Å². The molecular weight excluding hydrogens is 346 g/mol. The van der Waals surface area contributed by atoms with Gasteiger partial charge in [-0.3, -0.25) is 34.7 Å². The fourth-order valence-electron chi connectivity index (χ4n) is 2.16. The van der Waals surface area contributed by atoms with Gasteiger partial charge in [-0.15, -0.1) is 0 Å². The Kier molecular flexibility index (Phi) is 5.71. The van der Waals surface area contributed by atoms with Crippen molar-refractivity contribution in [3.05, 3.63) is 79.9 Å². The fraction of sp³-hybridized carbons (Fsp3) is 0.125. The lowest BCUT2D eigenvalue weighted by molar-refractivity contribution is -0.385. The highest BCUT2D eigenvalue weighted by Crippen LogP contribution is 2.17. The first-order valence-electron chi connectivity index (χ1n) is 7.31. The number of carbonyl (C=O) groups is 2. The van der Waals surface area contributed by atoms with E-state index in [2.05, 4.69) is 0 Å². The van der Waals surface area contributed by atoms with Crippen LogP contribution in [0, 0.1) is 20.2 Å². The summed E-state index contributed by atoms with van der Waals surface area (Å²) in [6.45, 7) is -0.789. The second kappa shape index (κ2) is 7.94. The predicted octanol–water partition coefficient (Wildman–Crippen LogP) is 1.78. The highest BCUT2D eigenvalue weighted by Gasteiger charge is 2.24. The third-order valence-corrected chi connectivity index (χ3v) is 3.46. The van der Waals surface area contributed by atoms with Crippen molar-refractivity contribution in [1.29, 1.82) is 0 Å². The minimum atomic E-state index is -0.752. The zero-order valence-corrected chi connectivity index (χ0v) is 13.3. The van der Waals surface area contributed by atoms with E-state index in [0.717, 1.165) is 29.2 Å². The average Bonchev–Trinajstić information content (AvgIpc) is 2.65. The zero-order valence-electron chi connectivity index (χ0n) is 13.3. The Morgan fingerprint density at radius 3 is 1.42 bits per heavy atom. The van der Waals surface area contributed by atoms with E-state index >= 15 is 0 Å².